The van der Waals surface area contributed by atoms with E-state index in [2.05, 4.69) is 10.3 Å². The van der Waals surface area contributed by atoms with Gasteiger partial charge in [-0.1, -0.05) is 30.0 Å². The number of hydrogen-bond donors (Lipinski definition) is 1. The maximum absolute atomic E-state index is 13.3. The summed E-state index contributed by atoms with van der Waals surface area (Å²) in [4.78, 5) is 44.6. The highest BCUT2D eigenvalue weighted by molar-refractivity contribution is 8.26. The number of thioether (sulfide) groups is 1. The average molecular weight is 677 g/mol. The number of alkyl halides is 6. The lowest BCUT2D eigenvalue weighted by Gasteiger charge is -2.31. The minimum atomic E-state index is -5.02. The zero-order valence-electron chi connectivity index (χ0n) is 24.6. The van der Waals surface area contributed by atoms with Crippen LogP contribution in [0.4, 0.5) is 26.3 Å². The summed E-state index contributed by atoms with van der Waals surface area (Å²) in [7, 11) is 3.72. The van der Waals surface area contributed by atoms with Crippen LogP contribution in [0, 0.1) is 0 Å². The van der Waals surface area contributed by atoms with Gasteiger partial charge in [-0.2, -0.15) is 26.3 Å². The Labute approximate surface area is 265 Å². The van der Waals surface area contributed by atoms with E-state index in [1.54, 1.807) is 0 Å². The molecule has 1 aromatic carbocycles. The van der Waals surface area contributed by atoms with Crippen molar-refractivity contribution in [2.45, 2.75) is 44.6 Å². The molecule has 45 heavy (non-hydrogen) atoms. The highest BCUT2D eigenvalue weighted by Crippen LogP contribution is 2.38. The molecule has 2 aromatic rings. The molecule has 1 aliphatic heterocycles. The Kier molecular flexibility index (Phi) is 11.4. The van der Waals surface area contributed by atoms with E-state index in [9.17, 15) is 40.7 Å². The van der Waals surface area contributed by atoms with Crippen molar-refractivity contribution in [1.82, 2.24) is 20.1 Å². The maximum Gasteiger partial charge on any atom is 0.416 e. The lowest BCUT2D eigenvalue weighted by atomic mass is 10.0. The molecule has 0 bridgehead atoms. The molecule has 2 amide bonds. The SMILES string of the molecule is CN(C)C(C)(C)COC(=O)CCNC(=O)CCN1C(=O)/C(=C/c2cccc(-c3cc(C(F)(F)F)cc(C(F)(F)F)c3)n2)SC1=S. The van der Waals surface area contributed by atoms with E-state index in [-0.39, 0.29) is 64.8 Å². The fourth-order valence-electron chi connectivity index (χ4n) is 3.69. The maximum atomic E-state index is 13.3. The molecule has 0 aliphatic carbocycles. The summed E-state index contributed by atoms with van der Waals surface area (Å²) in [6.45, 7) is 3.98. The molecule has 1 aromatic heterocycles. The van der Waals surface area contributed by atoms with Crippen molar-refractivity contribution in [3.63, 3.8) is 0 Å². The summed E-state index contributed by atoms with van der Waals surface area (Å²) in [5.41, 5.74) is -3.79. The monoisotopic (exact) mass is 676 g/mol. The van der Waals surface area contributed by atoms with Crippen LogP contribution >= 0.6 is 24.0 Å². The molecule has 1 fully saturated rings. The Bertz CT molecular complexity index is 1460. The van der Waals surface area contributed by atoms with Crippen LogP contribution in [0.1, 0.15) is 43.5 Å². The Balaban J connectivity index is 1.62. The largest absolute Gasteiger partial charge is 0.464 e. The van der Waals surface area contributed by atoms with Crippen molar-refractivity contribution in [3.8, 4) is 11.3 Å². The van der Waals surface area contributed by atoms with Gasteiger partial charge in [-0.15, -0.1) is 0 Å². The van der Waals surface area contributed by atoms with Gasteiger partial charge in [0.1, 0.15) is 10.9 Å². The molecule has 0 spiro atoms. The van der Waals surface area contributed by atoms with Crippen LogP contribution in [0.3, 0.4) is 0 Å². The lowest BCUT2D eigenvalue weighted by molar-refractivity contribution is -0.147. The molecular weight excluding hydrogens is 646 g/mol. The predicted octanol–water partition coefficient (Wildman–Crippen LogP) is 5.77. The summed E-state index contributed by atoms with van der Waals surface area (Å²) in [5.74, 6) is -1.45. The number of carbonyl (C=O) groups excluding carboxylic acids is 3. The van der Waals surface area contributed by atoms with Gasteiger partial charge in [0.25, 0.3) is 5.91 Å². The quantitative estimate of drug-likeness (QED) is 0.139. The van der Waals surface area contributed by atoms with E-state index in [1.807, 2.05) is 32.8 Å². The number of likely N-dealkylation sites (N-methyl/N-ethyl adjacent to an activating group) is 1. The van der Waals surface area contributed by atoms with Crippen LogP contribution in [0.15, 0.2) is 41.3 Å². The normalized spacial score (nSPS) is 15.3. The smallest absolute Gasteiger partial charge is 0.416 e. The Morgan fingerprint density at radius 3 is 2.24 bits per heavy atom. The molecule has 2 heterocycles. The molecule has 1 saturated heterocycles. The van der Waals surface area contributed by atoms with Gasteiger partial charge < -0.3 is 15.0 Å². The van der Waals surface area contributed by atoms with E-state index >= 15 is 0 Å². The number of rotatable bonds is 11. The number of pyridine rings is 1. The van der Waals surface area contributed by atoms with Gasteiger partial charge in [0.05, 0.1) is 33.8 Å². The van der Waals surface area contributed by atoms with Gasteiger partial charge in [-0.3, -0.25) is 19.3 Å². The molecule has 1 N–H and O–H groups in total. The summed E-state index contributed by atoms with van der Waals surface area (Å²) in [6.07, 6.45) is -8.89. The van der Waals surface area contributed by atoms with Crippen molar-refractivity contribution >= 4 is 52.2 Å². The summed E-state index contributed by atoms with van der Waals surface area (Å²) >= 11 is 6.17. The highest BCUT2D eigenvalue weighted by atomic mass is 32.2. The number of hydrogen-bond acceptors (Lipinski definition) is 8. The highest BCUT2D eigenvalue weighted by Gasteiger charge is 2.37. The van der Waals surface area contributed by atoms with Crippen LogP contribution in [-0.4, -0.2) is 76.2 Å². The first-order valence-corrected chi connectivity index (χ1v) is 14.6. The Hall–Kier alpha value is -3.50. The van der Waals surface area contributed by atoms with Crippen LogP contribution in [0.5, 0.6) is 0 Å². The Morgan fingerprint density at radius 1 is 1.04 bits per heavy atom. The number of carbonyl (C=O) groups is 3. The minimum Gasteiger partial charge on any atom is -0.464 e. The first-order valence-electron chi connectivity index (χ1n) is 13.4. The van der Waals surface area contributed by atoms with Gasteiger partial charge in [0, 0.05) is 30.6 Å². The Morgan fingerprint density at radius 2 is 1.67 bits per heavy atom. The summed E-state index contributed by atoms with van der Waals surface area (Å²) < 4.78 is 85.3. The first kappa shape index (κ1) is 36.0. The second-order valence-corrected chi connectivity index (χ2v) is 12.5. The molecule has 0 atom stereocenters. The number of thiocarbonyl (C=S) groups is 1. The van der Waals surface area contributed by atoms with Gasteiger partial charge in [-0.25, -0.2) is 4.98 Å². The molecule has 3 rings (SSSR count). The van der Waals surface area contributed by atoms with Crippen molar-refractivity contribution < 1.29 is 45.5 Å². The second kappa shape index (κ2) is 14.3. The minimum absolute atomic E-state index is 0.0288. The molecule has 244 valence electrons. The van der Waals surface area contributed by atoms with Crippen molar-refractivity contribution in [2.75, 3.05) is 33.8 Å². The van der Waals surface area contributed by atoms with Gasteiger partial charge in [0.15, 0.2) is 0 Å². The molecule has 1 aliphatic rings. The summed E-state index contributed by atoms with van der Waals surface area (Å²) in [6, 6.07) is 5.23. The van der Waals surface area contributed by atoms with E-state index in [1.165, 1.54) is 29.2 Å². The molecular formula is C29H30F6N4O4S2. The third-order valence-corrected chi connectivity index (χ3v) is 8.20. The number of amides is 2. The standard InChI is InChI=1S/C29H30F6N4O4S2/c1-27(2,38(3)4)16-43-24(41)8-10-36-23(40)9-11-39-25(42)22(45-26(39)44)15-20-6-5-7-21(37-20)17-12-18(28(30,31)32)14-19(13-17)29(33,34)35/h5-7,12-15H,8-11,16H2,1-4H3,(H,36,40)/b22-15-. The second-order valence-electron chi connectivity index (χ2n) is 10.8. The van der Waals surface area contributed by atoms with Gasteiger partial charge >= 0.3 is 18.3 Å². The van der Waals surface area contributed by atoms with Crippen LogP contribution < -0.4 is 5.32 Å². The van der Waals surface area contributed by atoms with Gasteiger partial charge in [-0.05, 0) is 64.4 Å². The molecule has 0 saturated carbocycles. The topological polar surface area (TPSA) is 91.8 Å². The fourth-order valence-corrected chi connectivity index (χ4v) is 4.98. The van der Waals surface area contributed by atoms with Crippen LogP contribution in [0.25, 0.3) is 17.3 Å². The first-order chi connectivity index (χ1) is 20.8. The van der Waals surface area contributed by atoms with E-state index in [4.69, 9.17) is 17.0 Å². The van der Waals surface area contributed by atoms with Crippen molar-refractivity contribution in [3.05, 3.63) is 58.1 Å². The van der Waals surface area contributed by atoms with Crippen molar-refractivity contribution in [2.24, 2.45) is 0 Å². The number of esters is 1. The number of benzene rings is 1. The molecule has 0 radical (unpaired) electrons. The van der Waals surface area contributed by atoms with Crippen molar-refractivity contribution in [1.29, 1.82) is 0 Å². The lowest BCUT2D eigenvalue weighted by Crippen LogP contribution is -2.43. The fraction of sp³-hybridized carbons (Fsp3) is 0.414. The zero-order valence-corrected chi connectivity index (χ0v) is 26.3. The third kappa shape index (κ3) is 9.99. The van der Waals surface area contributed by atoms with Gasteiger partial charge in [0.2, 0.25) is 5.91 Å². The van der Waals surface area contributed by atoms with Crippen LogP contribution in [0.2, 0.25) is 0 Å². The summed E-state index contributed by atoms with van der Waals surface area (Å²) in [5, 5.41) is 2.58. The van der Waals surface area contributed by atoms with E-state index in [0.29, 0.717) is 12.1 Å². The zero-order chi connectivity index (χ0) is 33.7. The average Bonchev–Trinajstić information content (AvgIpc) is 3.21. The number of ether oxygens (including phenoxy) is 1. The van der Waals surface area contributed by atoms with E-state index < -0.39 is 46.8 Å². The molecule has 16 heteroatoms. The number of halogens is 6. The number of nitrogens with one attached hydrogen (secondary N) is 1. The predicted molar refractivity (Wildman–Crippen MR) is 161 cm³/mol. The third-order valence-electron chi connectivity index (χ3n) is 6.82. The van der Waals surface area contributed by atoms with Crippen LogP contribution in [-0.2, 0) is 31.5 Å². The number of aromatic nitrogens is 1. The number of nitrogens with zero attached hydrogens (tertiary/aromatic N) is 3. The molecule has 8 nitrogen and oxygen atoms in total. The molecule has 0 unspecified atom stereocenters. The van der Waals surface area contributed by atoms with E-state index in [0.717, 1.165) is 11.8 Å².